The summed E-state index contributed by atoms with van der Waals surface area (Å²) >= 11 is 1.12. The number of carbonyl (C=O) groups excluding carboxylic acids is 1. The van der Waals surface area contributed by atoms with Crippen LogP contribution >= 0.6 is 11.3 Å². The van der Waals surface area contributed by atoms with E-state index in [1.807, 2.05) is 13.8 Å². The van der Waals surface area contributed by atoms with Gasteiger partial charge in [0, 0.05) is 6.54 Å². The first-order valence-corrected chi connectivity index (χ1v) is 7.65. The minimum absolute atomic E-state index is 0.198. The number of hydrogen-bond donors (Lipinski definition) is 2. The van der Waals surface area contributed by atoms with Crippen LogP contribution in [0.1, 0.15) is 23.5 Å². The van der Waals surface area contributed by atoms with Gasteiger partial charge in [0.25, 0.3) is 10.2 Å². The molecule has 0 amide bonds. The molecule has 0 unspecified atom stereocenters. The standard InChI is InChI=1S/C10H16N2O4S2/c1-7(2)6-11-18(14,15)12-8-4-5-17-9(8)10(13)16-3/h4-5,7,11-12H,6H2,1-3H3. The van der Waals surface area contributed by atoms with E-state index in [0.29, 0.717) is 6.54 Å². The molecule has 0 radical (unpaired) electrons. The molecule has 2 N–H and O–H groups in total. The summed E-state index contributed by atoms with van der Waals surface area (Å²) in [5, 5.41) is 1.62. The van der Waals surface area contributed by atoms with Crippen molar-refractivity contribution in [3.63, 3.8) is 0 Å². The summed E-state index contributed by atoms with van der Waals surface area (Å²) in [4.78, 5) is 11.6. The molecule has 0 saturated heterocycles. The maximum absolute atomic E-state index is 11.7. The van der Waals surface area contributed by atoms with Gasteiger partial charge >= 0.3 is 5.97 Å². The van der Waals surface area contributed by atoms with E-state index in [-0.39, 0.29) is 16.5 Å². The lowest BCUT2D eigenvalue weighted by atomic mass is 10.2. The summed E-state index contributed by atoms with van der Waals surface area (Å²) in [5.41, 5.74) is 0.225. The molecule has 0 atom stereocenters. The second-order valence-electron chi connectivity index (χ2n) is 4.00. The minimum Gasteiger partial charge on any atom is -0.465 e. The summed E-state index contributed by atoms with van der Waals surface area (Å²) in [6, 6.07) is 1.52. The fourth-order valence-corrected chi connectivity index (χ4v) is 3.01. The average Bonchev–Trinajstić information content (AvgIpc) is 2.73. The van der Waals surface area contributed by atoms with Crippen LogP contribution in [0.5, 0.6) is 0 Å². The fourth-order valence-electron chi connectivity index (χ4n) is 1.10. The Hall–Kier alpha value is -1.12. The van der Waals surface area contributed by atoms with Gasteiger partial charge in [0.2, 0.25) is 0 Å². The quantitative estimate of drug-likeness (QED) is 0.777. The highest BCUT2D eigenvalue weighted by Crippen LogP contribution is 2.23. The van der Waals surface area contributed by atoms with Crippen molar-refractivity contribution in [1.29, 1.82) is 0 Å². The van der Waals surface area contributed by atoms with Gasteiger partial charge in [0.15, 0.2) is 0 Å². The molecule has 8 heteroatoms. The number of thiophene rings is 1. The molecule has 0 fully saturated rings. The summed E-state index contributed by atoms with van der Waals surface area (Å²) in [5.74, 6) is -0.365. The summed E-state index contributed by atoms with van der Waals surface area (Å²) in [6.07, 6.45) is 0. The van der Waals surface area contributed by atoms with Crippen LogP contribution in [0.15, 0.2) is 11.4 Å². The van der Waals surface area contributed by atoms with E-state index >= 15 is 0 Å². The van der Waals surface area contributed by atoms with Crippen LogP contribution in [0.3, 0.4) is 0 Å². The molecule has 0 bridgehead atoms. The highest BCUT2D eigenvalue weighted by atomic mass is 32.2. The predicted octanol–water partition coefficient (Wildman–Crippen LogP) is 1.44. The molecule has 0 spiro atoms. The Morgan fingerprint density at radius 2 is 2.17 bits per heavy atom. The van der Waals surface area contributed by atoms with E-state index in [1.54, 1.807) is 5.38 Å². The van der Waals surface area contributed by atoms with Crippen LogP contribution in [0.4, 0.5) is 5.69 Å². The molecule has 1 heterocycles. The van der Waals surface area contributed by atoms with Gasteiger partial charge in [0.05, 0.1) is 12.8 Å². The number of nitrogens with one attached hydrogen (secondary N) is 2. The third-order valence-corrected chi connectivity index (χ3v) is 3.89. The van der Waals surface area contributed by atoms with Gasteiger partial charge in [-0.1, -0.05) is 13.8 Å². The van der Waals surface area contributed by atoms with Gasteiger partial charge in [0.1, 0.15) is 4.88 Å². The van der Waals surface area contributed by atoms with Gasteiger partial charge in [-0.05, 0) is 17.4 Å². The number of rotatable bonds is 6. The van der Waals surface area contributed by atoms with Crippen LogP contribution in [-0.4, -0.2) is 28.0 Å². The third-order valence-electron chi connectivity index (χ3n) is 1.96. The molecule has 0 saturated carbocycles. The van der Waals surface area contributed by atoms with E-state index in [0.717, 1.165) is 11.3 Å². The summed E-state index contributed by atoms with van der Waals surface area (Å²) in [7, 11) is -2.42. The van der Waals surface area contributed by atoms with E-state index in [4.69, 9.17) is 0 Å². The zero-order valence-electron chi connectivity index (χ0n) is 10.4. The predicted molar refractivity (Wildman–Crippen MR) is 71.0 cm³/mol. The van der Waals surface area contributed by atoms with E-state index in [1.165, 1.54) is 13.2 Å². The Balaban J connectivity index is 2.78. The number of methoxy groups -OCH3 is 1. The maximum atomic E-state index is 11.7. The van der Waals surface area contributed by atoms with Gasteiger partial charge in [-0.2, -0.15) is 13.1 Å². The van der Waals surface area contributed by atoms with Gasteiger partial charge in [-0.3, -0.25) is 4.72 Å². The van der Waals surface area contributed by atoms with Gasteiger partial charge in [-0.15, -0.1) is 11.3 Å². The molecule has 1 aromatic rings. The zero-order valence-corrected chi connectivity index (χ0v) is 12.0. The van der Waals surface area contributed by atoms with Crippen molar-refractivity contribution in [3.05, 3.63) is 16.3 Å². The molecule has 1 rings (SSSR count). The normalized spacial score (nSPS) is 11.6. The molecule has 0 aliphatic rings. The lowest BCUT2D eigenvalue weighted by Crippen LogP contribution is -2.33. The summed E-state index contributed by atoms with van der Waals surface area (Å²) < 4.78 is 32.7. The molecule has 1 aromatic heterocycles. The van der Waals surface area contributed by atoms with Crippen molar-refractivity contribution in [3.8, 4) is 0 Å². The Bertz CT molecular complexity index is 508. The van der Waals surface area contributed by atoms with Crippen LogP contribution in [0, 0.1) is 5.92 Å². The zero-order chi connectivity index (χ0) is 13.8. The van der Waals surface area contributed by atoms with Crippen molar-refractivity contribution in [2.24, 2.45) is 5.92 Å². The lowest BCUT2D eigenvalue weighted by Gasteiger charge is -2.10. The van der Waals surface area contributed by atoms with Crippen molar-refractivity contribution >= 4 is 33.2 Å². The maximum Gasteiger partial charge on any atom is 0.350 e. The highest BCUT2D eigenvalue weighted by Gasteiger charge is 2.18. The SMILES string of the molecule is COC(=O)c1sccc1NS(=O)(=O)NCC(C)C. The van der Waals surface area contributed by atoms with Crippen molar-refractivity contribution in [1.82, 2.24) is 4.72 Å². The Morgan fingerprint density at radius 1 is 1.50 bits per heavy atom. The number of carbonyl (C=O) groups is 1. The van der Waals surface area contributed by atoms with Crippen LogP contribution in [0.25, 0.3) is 0 Å². The molecule has 6 nitrogen and oxygen atoms in total. The molecular weight excluding hydrogens is 276 g/mol. The molecule has 102 valence electrons. The average molecular weight is 292 g/mol. The van der Waals surface area contributed by atoms with Crippen molar-refractivity contribution in [2.75, 3.05) is 18.4 Å². The third kappa shape index (κ3) is 4.28. The number of esters is 1. The Labute approximate surface area is 111 Å². The minimum atomic E-state index is -3.66. The molecular formula is C10H16N2O4S2. The smallest absolute Gasteiger partial charge is 0.350 e. The van der Waals surface area contributed by atoms with Crippen LogP contribution in [-0.2, 0) is 14.9 Å². The van der Waals surface area contributed by atoms with E-state index in [9.17, 15) is 13.2 Å². The first-order chi connectivity index (χ1) is 8.35. The van der Waals surface area contributed by atoms with Gasteiger partial charge in [-0.25, -0.2) is 4.79 Å². The second-order valence-corrected chi connectivity index (χ2v) is 6.42. The number of anilines is 1. The van der Waals surface area contributed by atoms with E-state index < -0.39 is 16.2 Å². The van der Waals surface area contributed by atoms with Crippen molar-refractivity contribution in [2.45, 2.75) is 13.8 Å². The molecule has 0 aromatic carbocycles. The molecule has 18 heavy (non-hydrogen) atoms. The van der Waals surface area contributed by atoms with Gasteiger partial charge < -0.3 is 4.74 Å². The first kappa shape index (κ1) is 14.9. The highest BCUT2D eigenvalue weighted by molar-refractivity contribution is 7.90. The lowest BCUT2D eigenvalue weighted by molar-refractivity contribution is 0.0607. The molecule has 0 aliphatic heterocycles. The summed E-state index contributed by atoms with van der Waals surface area (Å²) in [6.45, 7) is 4.12. The largest absolute Gasteiger partial charge is 0.465 e. The second kappa shape index (κ2) is 6.17. The van der Waals surface area contributed by atoms with Crippen LogP contribution < -0.4 is 9.44 Å². The van der Waals surface area contributed by atoms with E-state index in [2.05, 4.69) is 14.2 Å². The monoisotopic (exact) mass is 292 g/mol. The molecule has 0 aliphatic carbocycles. The first-order valence-electron chi connectivity index (χ1n) is 5.29. The van der Waals surface area contributed by atoms with Crippen molar-refractivity contribution < 1.29 is 17.9 Å². The fraction of sp³-hybridized carbons (Fsp3) is 0.500. The van der Waals surface area contributed by atoms with Crippen LogP contribution in [0.2, 0.25) is 0 Å². The number of ether oxygens (including phenoxy) is 1. The Morgan fingerprint density at radius 3 is 2.72 bits per heavy atom. The topological polar surface area (TPSA) is 84.5 Å². The Kier molecular flexibility index (Phi) is 5.12. The number of hydrogen-bond acceptors (Lipinski definition) is 5.